The summed E-state index contributed by atoms with van der Waals surface area (Å²) in [6, 6.07) is 0. The second kappa shape index (κ2) is 34.0. The molecule has 0 spiro atoms. The van der Waals surface area contributed by atoms with Crippen molar-refractivity contribution < 1.29 is 0 Å². The van der Waals surface area contributed by atoms with Gasteiger partial charge in [-0.1, -0.05) is 206 Å². The standard InChI is InChI=1S/C36H75N/c1-4-5-6-7-8-9-10-11-12-13-14-15-16-17-18-19-20-21-22-23-24-25-26-27-28-29-30-31-32-33-34-35-36-37(2)3/h4-36H2,1-3H3. The normalized spacial score (nSPS) is 11.7. The van der Waals surface area contributed by atoms with Crippen molar-refractivity contribution in [3.63, 3.8) is 0 Å². The fraction of sp³-hybridized carbons (Fsp3) is 1.00. The zero-order valence-electron chi connectivity index (χ0n) is 26.8. The van der Waals surface area contributed by atoms with Crippen LogP contribution < -0.4 is 0 Å². The number of nitrogens with zero attached hydrogens (tertiary/aromatic N) is 1. The minimum Gasteiger partial charge on any atom is -0.309 e. The van der Waals surface area contributed by atoms with Crippen molar-refractivity contribution in [2.45, 2.75) is 212 Å². The van der Waals surface area contributed by atoms with Gasteiger partial charge < -0.3 is 4.90 Å². The van der Waals surface area contributed by atoms with E-state index in [2.05, 4.69) is 25.9 Å². The van der Waals surface area contributed by atoms with Crippen LogP contribution >= 0.6 is 0 Å². The Morgan fingerprint density at radius 1 is 0.243 bits per heavy atom. The highest BCUT2D eigenvalue weighted by Crippen LogP contribution is 2.16. The number of rotatable bonds is 33. The van der Waals surface area contributed by atoms with Crippen molar-refractivity contribution in [3.8, 4) is 0 Å². The van der Waals surface area contributed by atoms with Crippen LogP contribution in [0.2, 0.25) is 0 Å². The summed E-state index contributed by atoms with van der Waals surface area (Å²) in [5.74, 6) is 0. The molecule has 224 valence electrons. The Morgan fingerprint density at radius 2 is 0.405 bits per heavy atom. The van der Waals surface area contributed by atoms with Crippen molar-refractivity contribution in [3.05, 3.63) is 0 Å². The third-order valence-electron chi connectivity index (χ3n) is 8.46. The molecular formula is C36H75N. The van der Waals surface area contributed by atoms with Crippen molar-refractivity contribution in [1.29, 1.82) is 0 Å². The van der Waals surface area contributed by atoms with Gasteiger partial charge in [0.25, 0.3) is 0 Å². The summed E-state index contributed by atoms with van der Waals surface area (Å²) in [7, 11) is 4.37. The van der Waals surface area contributed by atoms with Crippen LogP contribution in [-0.4, -0.2) is 25.5 Å². The van der Waals surface area contributed by atoms with Gasteiger partial charge in [0, 0.05) is 0 Å². The summed E-state index contributed by atoms with van der Waals surface area (Å²) in [6.07, 6.45) is 47.3. The van der Waals surface area contributed by atoms with Gasteiger partial charge in [-0.2, -0.15) is 0 Å². The third kappa shape index (κ3) is 36.0. The zero-order valence-corrected chi connectivity index (χ0v) is 26.8. The van der Waals surface area contributed by atoms with E-state index in [1.54, 1.807) is 0 Å². The first kappa shape index (κ1) is 37.0. The van der Waals surface area contributed by atoms with Crippen LogP contribution in [0.3, 0.4) is 0 Å². The summed E-state index contributed by atoms with van der Waals surface area (Å²) in [5, 5.41) is 0. The molecule has 37 heavy (non-hydrogen) atoms. The summed E-state index contributed by atoms with van der Waals surface area (Å²) >= 11 is 0. The predicted molar refractivity (Wildman–Crippen MR) is 172 cm³/mol. The highest BCUT2D eigenvalue weighted by molar-refractivity contribution is 4.53. The maximum Gasteiger partial charge on any atom is -0.00248 e. The molecule has 1 nitrogen and oxygen atoms in total. The average molecular weight is 522 g/mol. The topological polar surface area (TPSA) is 3.24 Å². The summed E-state index contributed by atoms with van der Waals surface area (Å²) in [5.41, 5.74) is 0. The molecule has 0 fully saturated rings. The van der Waals surface area contributed by atoms with Crippen molar-refractivity contribution in [1.82, 2.24) is 4.90 Å². The van der Waals surface area contributed by atoms with E-state index in [1.807, 2.05) is 0 Å². The molecule has 0 radical (unpaired) electrons. The van der Waals surface area contributed by atoms with Crippen LogP contribution in [0.5, 0.6) is 0 Å². The van der Waals surface area contributed by atoms with Gasteiger partial charge in [-0.25, -0.2) is 0 Å². The van der Waals surface area contributed by atoms with Gasteiger partial charge in [-0.15, -0.1) is 0 Å². The van der Waals surface area contributed by atoms with E-state index in [4.69, 9.17) is 0 Å². The quantitative estimate of drug-likeness (QED) is 0.0776. The lowest BCUT2D eigenvalue weighted by molar-refractivity contribution is 0.389. The van der Waals surface area contributed by atoms with Crippen molar-refractivity contribution in [2.24, 2.45) is 0 Å². The van der Waals surface area contributed by atoms with E-state index in [9.17, 15) is 0 Å². The number of hydrogen-bond acceptors (Lipinski definition) is 1. The molecule has 0 unspecified atom stereocenters. The molecule has 0 aromatic rings. The Kier molecular flexibility index (Phi) is 34.0. The van der Waals surface area contributed by atoms with Crippen LogP contribution in [0.15, 0.2) is 0 Å². The first-order chi connectivity index (χ1) is 18.3. The van der Waals surface area contributed by atoms with Gasteiger partial charge in [0.1, 0.15) is 0 Å². The molecule has 0 saturated heterocycles. The van der Waals surface area contributed by atoms with Gasteiger partial charge >= 0.3 is 0 Å². The Labute approximate surface area is 237 Å². The largest absolute Gasteiger partial charge is 0.309 e. The molecule has 0 atom stereocenters. The minimum absolute atomic E-state index is 1.26. The molecule has 0 rings (SSSR count). The molecule has 0 aliphatic carbocycles. The third-order valence-corrected chi connectivity index (χ3v) is 8.46. The lowest BCUT2D eigenvalue weighted by Gasteiger charge is -2.08. The summed E-state index contributed by atoms with van der Waals surface area (Å²) < 4.78 is 0. The predicted octanol–water partition coefficient (Wildman–Crippen LogP) is 13.1. The second-order valence-corrected chi connectivity index (χ2v) is 12.8. The minimum atomic E-state index is 1.26. The van der Waals surface area contributed by atoms with Gasteiger partial charge in [-0.3, -0.25) is 0 Å². The number of hydrogen-bond donors (Lipinski definition) is 0. The monoisotopic (exact) mass is 522 g/mol. The zero-order chi connectivity index (χ0) is 26.9. The van der Waals surface area contributed by atoms with E-state index in [0.29, 0.717) is 0 Å². The van der Waals surface area contributed by atoms with Crippen LogP contribution in [0.1, 0.15) is 212 Å². The van der Waals surface area contributed by atoms with Crippen LogP contribution in [0.25, 0.3) is 0 Å². The summed E-state index contributed by atoms with van der Waals surface area (Å²) in [4.78, 5) is 2.31. The molecule has 0 N–H and O–H groups in total. The van der Waals surface area contributed by atoms with E-state index >= 15 is 0 Å². The number of unbranched alkanes of at least 4 members (excludes halogenated alkanes) is 31. The Bertz CT molecular complexity index is 377. The average Bonchev–Trinajstić information content (AvgIpc) is 2.89. The van der Waals surface area contributed by atoms with Gasteiger partial charge in [-0.05, 0) is 27.1 Å². The van der Waals surface area contributed by atoms with Crippen LogP contribution in [-0.2, 0) is 0 Å². The second-order valence-electron chi connectivity index (χ2n) is 12.8. The molecule has 0 aliphatic rings. The Hall–Kier alpha value is -0.0400. The van der Waals surface area contributed by atoms with Gasteiger partial charge in [0.15, 0.2) is 0 Å². The molecule has 1 heteroatoms. The van der Waals surface area contributed by atoms with E-state index < -0.39 is 0 Å². The lowest BCUT2D eigenvalue weighted by atomic mass is 10.0. The maximum absolute atomic E-state index is 2.31. The van der Waals surface area contributed by atoms with Crippen LogP contribution in [0.4, 0.5) is 0 Å². The van der Waals surface area contributed by atoms with Crippen molar-refractivity contribution in [2.75, 3.05) is 20.6 Å². The van der Waals surface area contributed by atoms with Gasteiger partial charge in [0.2, 0.25) is 0 Å². The first-order valence-corrected chi connectivity index (χ1v) is 17.9. The highest BCUT2D eigenvalue weighted by atomic mass is 15.0. The molecule has 0 heterocycles. The Morgan fingerprint density at radius 3 is 0.568 bits per heavy atom. The molecule has 0 bridgehead atoms. The maximum atomic E-state index is 2.31. The lowest BCUT2D eigenvalue weighted by Crippen LogP contribution is -2.12. The molecule has 0 aromatic heterocycles. The van der Waals surface area contributed by atoms with E-state index in [-0.39, 0.29) is 0 Å². The highest BCUT2D eigenvalue weighted by Gasteiger charge is 1.97. The fourth-order valence-corrected chi connectivity index (χ4v) is 5.80. The summed E-state index contributed by atoms with van der Waals surface area (Å²) in [6.45, 7) is 3.57. The van der Waals surface area contributed by atoms with Crippen molar-refractivity contribution >= 4 is 0 Å². The molecule has 0 aromatic carbocycles. The molecule has 0 amide bonds. The van der Waals surface area contributed by atoms with Crippen LogP contribution in [0, 0.1) is 0 Å². The first-order valence-electron chi connectivity index (χ1n) is 17.9. The smallest absolute Gasteiger partial charge is 0.00248 e. The van der Waals surface area contributed by atoms with E-state index in [1.165, 1.54) is 212 Å². The Balaban J connectivity index is 3.01. The molecule has 0 aliphatic heterocycles. The molecule has 0 saturated carbocycles. The van der Waals surface area contributed by atoms with E-state index in [0.717, 1.165) is 0 Å². The molecular weight excluding hydrogens is 446 g/mol. The van der Waals surface area contributed by atoms with Gasteiger partial charge in [0.05, 0.1) is 0 Å². The SMILES string of the molecule is CCCCCCCCCCCCCCCCCCCCCCCCCCCCCCCCCCN(C)C. The fourth-order valence-electron chi connectivity index (χ4n) is 5.80.